The van der Waals surface area contributed by atoms with E-state index in [0.717, 1.165) is 48.8 Å². The molecule has 0 radical (unpaired) electrons. The Morgan fingerprint density at radius 2 is 1.73 bits per heavy atom. The van der Waals surface area contributed by atoms with Crippen molar-refractivity contribution in [1.82, 2.24) is 25.2 Å². The van der Waals surface area contributed by atoms with Gasteiger partial charge in [-0.15, -0.1) is 0 Å². The first-order chi connectivity index (χ1) is 25.0. The van der Waals surface area contributed by atoms with Gasteiger partial charge in [0.15, 0.2) is 0 Å². The minimum atomic E-state index is -3.88. The van der Waals surface area contributed by atoms with Crippen LogP contribution in [0.4, 0.5) is 4.79 Å². The van der Waals surface area contributed by atoms with Gasteiger partial charge in [-0.3, -0.25) is 28.8 Å². The lowest BCUT2D eigenvalue weighted by Crippen LogP contribution is -2.58. The normalized spacial score (nSPS) is 31.6. The number of fused-ring (bicyclic) bond motifs is 4. The molecule has 2 saturated carbocycles. The molecule has 5 amide bonds. The zero-order chi connectivity index (χ0) is 36.5. The number of hydrogen-bond acceptors (Lipinski definition) is 8. The molecule has 0 unspecified atom stereocenters. The average Bonchev–Trinajstić information content (AvgIpc) is 3.99. The summed E-state index contributed by atoms with van der Waals surface area (Å²) < 4.78 is 33.8. The van der Waals surface area contributed by atoms with Crippen LogP contribution in [0.5, 0.6) is 0 Å². The van der Waals surface area contributed by atoms with Gasteiger partial charge in [0.2, 0.25) is 27.7 Å². The molecule has 4 heterocycles. The Labute approximate surface area is 305 Å². The first-order valence-electron chi connectivity index (χ1n) is 18.9. The van der Waals surface area contributed by atoms with Crippen LogP contribution in [0.2, 0.25) is 0 Å². The van der Waals surface area contributed by atoms with E-state index in [-0.39, 0.29) is 31.7 Å². The fourth-order valence-electron chi connectivity index (χ4n) is 8.00. The summed E-state index contributed by atoms with van der Waals surface area (Å²) >= 11 is 0. The van der Waals surface area contributed by atoms with Gasteiger partial charge in [0, 0.05) is 25.3 Å². The number of carbonyl (C=O) groups excluding carboxylic acids is 5. The highest BCUT2D eigenvalue weighted by Crippen LogP contribution is 2.46. The molecular formula is C38H49N5O8S. The molecule has 5 atom stereocenters. The van der Waals surface area contributed by atoms with Crippen molar-refractivity contribution in [2.75, 3.05) is 6.54 Å². The van der Waals surface area contributed by atoms with Gasteiger partial charge in [0.05, 0.1) is 18.3 Å². The molecule has 14 heteroatoms. The van der Waals surface area contributed by atoms with Crippen molar-refractivity contribution < 1.29 is 37.1 Å². The predicted molar refractivity (Wildman–Crippen MR) is 191 cm³/mol. The van der Waals surface area contributed by atoms with E-state index < -0.39 is 68.7 Å². The minimum absolute atomic E-state index is 0.0165. The highest BCUT2D eigenvalue weighted by molar-refractivity contribution is 7.91. The monoisotopic (exact) mass is 735 g/mol. The smallest absolute Gasteiger partial charge is 0.410 e. The second-order valence-electron chi connectivity index (χ2n) is 15.2. The summed E-state index contributed by atoms with van der Waals surface area (Å²) in [6, 6.07) is 3.99. The molecule has 3 fully saturated rings. The van der Waals surface area contributed by atoms with Crippen molar-refractivity contribution in [3.8, 4) is 0 Å². The lowest BCUT2D eigenvalue weighted by Gasteiger charge is -2.30. The second kappa shape index (κ2) is 15.0. The third-order valence-corrected chi connectivity index (χ3v) is 13.1. The molecule has 1 aromatic rings. The maximum absolute atomic E-state index is 14.4. The summed E-state index contributed by atoms with van der Waals surface area (Å²) in [4.78, 5) is 72.1. The van der Waals surface area contributed by atoms with Crippen LogP contribution in [-0.2, 0) is 47.0 Å². The van der Waals surface area contributed by atoms with E-state index in [1.807, 2.05) is 30.4 Å². The van der Waals surface area contributed by atoms with Gasteiger partial charge < -0.3 is 20.3 Å². The van der Waals surface area contributed by atoms with Crippen LogP contribution in [0.1, 0.15) is 107 Å². The third-order valence-electron chi connectivity index (χ3n) is 11.3. The highest BCUT2D eigenvalue weighted by atomic mass is 32.2. The molecule has 3 N–H and O–H groups in total. The predicted octanol–water partition coefficient (Wildman–Crippen LogP) is 3.57. The third kappa shape index (κ3) is 7.91. The van der Waals surface area contributed by atoms with Crippen LogP contribution >= 0.6 is 0 Å². The summed E-state index contributed by atoms with van der Waals surface area (Å²) in [5.74, 6) is -2.52. The molecule has 6 aliphatic rings. The zero-order valence-corrected chi connectivity index (χ0v) is 30.3. The van der Waals surface area contributed by atoms with Gasteiger partial charge >= 0.3 is 6.09 Å². The Hall–Kier alpha value is -4.20. The van der Waals surface area contributed by atoms with Crippen LogP contribution in [-0.4, -0.2) is 83.5 Å². The van der Waals surface area contributed by atoms with E-state index in [9.17, 15) is 32.4 Å². The number of allylic oxidation sites excluding steroid dienone is 2. The lowest BCUT2D eigenvalue weighted by atomic mass is 10.0. The van der Waals surface area contributed by atoms with E-state index >= 15 is 0 Å². The summed E-state index contributed by atoms with van der Waals surface area (Å²) in [6.07, 6.45) is 14.8. The van der Waals surface area contributed by atoms with E-state index in [0.29, 0.717) is 51.6 Å². The fourth-order valence-corrected chi connectivity index (χ4v) is 9.36. The standard InChI is InChI=1S/C38H49N5O8S/c44-33-17-10-6-1-3-7-12-25-13-11-14-26-22-42(24-30(25)26)37(48)51-28-20-32-34(45)40-38(36(47)41-52(49,50)29-18-19-29)21-27(38)15-8-4-2-5-9-16-31(39-33)35(46)43(32)23-28/h7-8,11-15,27-29,31-32H,1-6,9-10,16-24H2,(H,39,44)(H,40,45)(H,41,47)/b12-7+,15-8-/t27-,28-,31+,32+,38-/m1/s1. The zero-order valence-electron chi connectivity index (χ0n) is 29.5. The Bertz CT molecular complexity index is 1770. The average molecular weight is 736 g/mol. The van der Waals surface area contributed by atoms with Crippen LogP contribution in [0.25, 0.3) is 6.08 Å². The maximum Gasteiger partial charge on any atom is 0.410 e. The summed E-state index contributed by atoms with van der Waals surface area (Å²) in [5.41, 5.74) is 1.63. The number of amides is 5. The van der Waals surface area contributed by atoms with Crippen molar-refractivity contribution in [3.05, 3.63) is 53.1 Å². The lowest BCUT2D eigenvalue weighted by molar-refractivity contribution is -0.142. The maximum atomic E-state index is 14.4. The number of benzene rings is 1. The van der Waals surface area contributed by atoms with Crippen LogP contribution in [0.3, 0.4) is 0 Å². The minimum Gasteiger partial charge on any atom is -0.444 e. The molecule has 5 bridgehead atoms. The first kappa shape index (κ1) is 36.2. The molecule has 4 aliphatic heterocycles. The van der Waals surface area contributed by atoms with Gasteiger partial charge in [-0.05, 0) is 74.5 Å². The number of nitrogens with one attached hydrogen (secondary N) is 3. The van der Waals surface area contributed by atoms with E-state index in [2.05, 4.69) is 27.5 Å². The Balaban J connectivity index is 1.17. The highest BCUT2D eigenvalue weighted by Gasteiger charge is 2.62. The van der Waals surface area contributed by atoms with Crippen molar-refractivity contribution in [1.29, 1.82) is 0 Å². The Morgan fingerprint density at radius 3 is 2.54 bits per heavy atom. The SMILES string of the molecule is O=C1CCCCC/C=C/c2cccc3c2CN(C3)C(=O)O[C@@H]2C[C@H]3C(=O)N[C@]4(C(=O)NS(=O)(=O)C5CC5)C[C@H]4/C=C\CCCCC[C@H](N1)C(=O)N3C2. The van der Waals surface area contributed by atoms with Gasteiger partial charge in [0.25, 0.3) is 5.91 Å². The number of rotatable bonds is 3. The van der Waals surface area contributed by atoms with Gasteiger partial charge in [-0.1, -0.05) is 61.8 Å². The number of nitrogens with zero attached hydrogens (tertiary/aromatic N) is 2. The molecule has 0 aromatic heterocycles. The fraction of sp³-hybridized carbons (Fsp3) is 0.605. The van der Waals surface area contributed by atoms with Crippen molar-refractivity contribution in [2.24, 2.45) is 5.92 Å². The Kier molecular flexibility index (Phi) is 10.5. The molecule has 52 heavy (non-hydrogen) atoms. The molecule has 1 aromatic carbocycles. The first-order valence-corrected chi connectivity index (χ1v) is 20.5. The molecule has 7 rings (SSSR count). The van der Waals surface area contributed by atoms with E-state index in [1.165, 1.54) is 4.90 Å². The molecule has 2 aliphatic carbocycles. The Morgan fingerprint density at radius 1 is 0.942 bits per heavy atom. The molecular weight excluding hydrogens is 687 g/mol. The second-order valence-corrected chi connectivity index (χ2v) is 17.2. The number of hydrogen-bond donors (Lipinski definition) is 3. The van der Waals surface area contributed by atoms with E-state index in [4.69, 9.17) is 4.74 Å². The van der Waals surface area contributed by atoms with E-state index in [1.54, 1.807) is 4.90 Å². The number of sulfonamides is 1. The summed E-state index contributed by atoms with van der Waals surface area (Å²) in [6.45, 7) is 0.681. The van der Waals surface area contributed by atoms with Crippen molar-refractivity contribution in [2.45, 2.75) is 132 Å². The van der Waals surface area contributed by atoms with Crippen molar-refractivity contribution >= 4 is 45.8 Å². The van der Waals surface area contributed by atoms with Gasteiger partial charge in [-0.2, -0.15) is 0 Å². The molecule has 280 valence electrons. The molecule has 0 spiro atoms. The van der Waals surface area contributed by atoms with Crippen LogP contribution in [0, 0.1) is 5.92 Å². The van der Waals surface area contributed by atoms with Gasteiger partial charge in [0.1, 0.15) is 23.7 Å². The van der Waals surface area contributed by atoms with Crippen molar-refractivity contribution in [3.63, 3.8) is 0 Å². The van der Waals surface area contributed by atoms with Gasteiger partial charge in [-0.25, -0.2) is 13.2 Å². The van der Waals surface area contributed by atoms with Crippen LogP contribution < -0.4 is 15.4 Å². The largest absolute Gasteiger partial charge is 0.444 e. The molecule has 13 nitrogen and oxygen atoms in total. The quantitative estimate of drug-likeness (QED) is 0.396. The topological polar surface area (TPSA) is 171 Å². The number of carbonyl (C=O) groups is 5. The number of ether oxygens (including phenoxy) is 1. The van der Waals surface area contributed by atoms with Crippen LogP contribution in [0.15, 0.2) is 36.4 Å². The summed E-state index contributed by atoms with van der Waals surface area (Å²) in [7, 11) is -3.88. The molecule has 1 saturated heterocycles. The summed E-state index contributed by atoms with van der Waals surface area (Å²) in [5, 5.41) is 5.18.